The zero-order valence-electron chi connectivity index (χ0n) is 15.8. The van der Waals surface area contributed by atoms with Crippen molar-refractivity contribution in [2.45, 2.75) is 25.0 Å². The lowest BCUT2D eigenvalue weighted by Crippen LogP contribution is -2.36. The zero-order chi connectivity index (χ0) is 20.0. The number of amides is 1. The van der Waals surface area contributed by atoms with Crippen molar-refractivity contribution in [1.29, 1.82) is 0 Å². The number of hydrogen-bond acceptors (Lipinski definition) is 7. The molecule has 0 aliphatic carbocycles. The summed E-state index contributed by atoms with van der Waals surface area (Å²) in [6.07, 6.45) is 0.305. The lowest BCUT2D eigenvalue weighted by Gasteiger charge is -2.25. The van der Waals surface area contributed by atoms with Crippen molar-refractivity contribution in [1.82, 2.24) is 14.6 Å². The number of carbonyl (C=O) groups is 1. The Hall–Kier alpha value is -2.65. The molecule has 0 saturated carbocycles. The molecule has 29 heavy (non-hydrogen) atoms. The molecule has 2 aliphatic heterocycles. The number of nitrogens with zero attached hydrogens (tertiary/aromatic N) is 4. The monoisotopic (exact) mass is 426 g/mol. The van der Waals surface area contributed by atoms with Gasteiger partial charge in [0, 0.05) is 17.2 Å². The third-order valence-electron chi connectivity index (χ3n) is 5.01. The lowest BCUT2D eigenvalue weighted by atomic mass is 10.1. The first-order chi connectivity index (χ1) is 14.2. The number of thioether (sulfide) groups is 1. The molecule has 5 rings (SSSR count). The van der Waals surface area contributed by atoms with E-state index in [1.807, 2.05) is 30.3 Å². The molecule has 7 nitrogen and oxygen atoms in total. The summed E-state index contributed by atoms with van der Waals surface area (Å²) in [5.74, 6) is 0.670. The van der Waals surface area contributed by atoms with E-state index in [-0.39, 0.29) is 11.7 Å². The summed E-state index contributed by atoms with van der Waals surface area (Å²) >= 11 is 3.01. The Morgan fingerprint density at radius 3 is 2.90 bits per heavy atom. The van der Waals surface area contributed by atoms with Crippen LogP contribution in [0.3, 0.4) is 0 Å². The average Bonchev–Trinajstić information content (AvgIpc) is 3.12. The standard InChI is InChI=1S/C20H18N4O3S2/c1-2-27-20(26)23-9-8-13-15(10-23)29-17-16(13)18(25)24-19(21-17)28-11-14(22-24)12-6-4-3-5-7-12/h3-7H,2,8-11H2,1H3. The van der Waals surface area contributed by atoms with Crippen LogP contribution < -0.4 is 5.56 Å². The molecule has 2 aromatic heterocycles. The highest BCUT2D eigenvalue weighted by Gasteiger charge is 2.28. The van der Waals surface area contributed by atoms with Gasteiger partial charge in [0.2, 0.25) is 0 Å². The topological polar surface area (TPSA) is 76.8 Å². The Balaban J connectivity index is 1.58. The number of thiophene rings is 1. The Kier molecular flexibility index (Phi) is 4.63. The predicted molar refractivity (Wildman–Crippen MR) is 114 cm³/mol. The van der Waals surface area contributed by atoms with E-state index < -0.39 is 0 Å². The van der Waals surface area contributed by atoms with Crippen LogP contribution in [0.5, 0.6) is 0 Å². The largest absolute Gasteiger partial charge is 0.450 e. The normalized spacial score (nSPS) is 15.6. The van der Waals surface area contributed by atoms with Crippen molar-refractivity contribution in [3.8, 4) is 0 Å². The second kappa shape index (κ2) is 7.31. The van der Waals surface area contributed by atoms with Gasteiger partial charge in [-0.2, -0.15) is 9.78 Å². The van der Waals surface area contributed by atoms with E-state index in [1.165, 1.54) is 27.8 Å². The van der Waals surface area contributed by atoms with Gasteiger partial charge in [0.25, 0.3) is 5.56 Å². The highest BCUT2D eigenvalue weighted by molar-refractivity contribution is 7.99. The molecule has 0 bridgehead atoms. The van der Waals surface area contributed by atoms with Gasteiger partial charge < -0.3 is 9.64 Å². The molecule has 2 aliphatic rings. The summed E-state index contributed by atoms with van der Waals surface area (Å²) in [6.45, 7) is 3.13. The zero-order valence-corrected chi connectivity index (χ0v) is 17.4. The van der Waals surface area contributed by atoms with Crippen LogP contribution in [-0.2, 0) is 17.7 Å². The van der Waals surface area contributed by atoms with Crippen molar-refractivity contribution in [3.05, 3.63) is 56.7 Å². The molecule has 0 saturated heterocycles. The number of rotatable bonds is 2. The van der Waals surface area contributed by atoms with Gasteiger partial charge in [-0.05, 0) is 24.5 Å². The van der Waals surface area contributed by atoms with Crippen molar-refractivity contribution in [2.75, 3.05) is 18.9 Å². The van der Waals surface area contributed by atoms with E-state index in [9.17, 15) is 9.59 Å². The smallest absolute Gasteiger partial charge is 0.410 e. The Bertz CT molecular complexity index is 1200. The van der Waals surface area contributed by atoms with E-state index >= 15 is 0 Å². The average molecular weight is 427 g/mol. The van der Waals surface area contributed by atoms with Gasteiger partial charge in [-0.15, -0.1) is 11.3 Å². The molecule has 3 aromatic rings. The highest BCUT2D eigenvalue weighted by atomic mass is 32.2. The summed E-state index contributed by atoms with van der Waals surface area (Å²) in [5.41, 5.74) is 2.73. The van der Waals surface area contributed by atoms with Crippen molar-refractivity contribution in [3.63, 3.8) is 0 Å². The molecular formula is C20H18N4O3S2. The molecule has 4 heterocycles. The minimum Gasteiger partial charge on any atom is -0.450 e. The van der Waals surface area contributed by atoms with Crippen LogP contribution in [-0.4, -0.2) is 45.3 Å². The minimum absolute atomic E-state index is 0.132. The fraction of sp³-hybridized carbons (Fsp3) is 0.300. The Morgan fingerprint density at radius 1 is 1.28 bits per heavy atom. The summed E-state index contributed by atoms with van der Waals surface area (Å²) in [4.78, 5) is 33.5. The molecule has 0 fully saturated rings. The fourth-order valence-corrected chi connectivity index (χ4v) is 5.80. The van der Waals surface area contributed by atoms with Crippen molar-refractivity contribution in [2.24, 2.45) is 5.10 Å². The third-order valence-corrected chi connectivity index (χ3v) is 7.07. The summed E-state index contributed by atoms with van der Waals surface area (Å²) in [6, 6.07) is 9.89. The van der Waals surface area contributed by atoms with Gasteiger partial charge in [0.15, 0.2) is 5.16 Å². The summed E-state index contributed by atoms with van der Waals surface area (Å²) < 4.78 is 6.55. The van der Waals surface area contributed by atoms with Gasteiger partial charge in [-0.3, -0.25) is 4.79 Å². The molecule has 0 N–H and O–H groups in total. The second-order valence-electron chi connectivity index (χ2n) is 6.77. The van der Waals surface area contributed by atoms with Gasteiger partial charge in [0.05, 0.1) is 24.2 Å². The first kappa shape index (κ1) is 18.4. The molecule has 1 amide bonds. The van der Waals surface area contributed by atoms with Crippen LogP contribution in [0, 0.1) is 0 Å². The Labute approximate surface area is 175 Å². The number of hydrogen-bond donors (Lipinski definition) is 0. The van der Waals surface area contributed by atoms with E-state index in [1.54, 1.807) is 11.8 Å². The number of carbonyl (C=O) groups excluding carboxylic acids is 1. The number of ether oxygens (including phenoxy) is 1. The number of aromatic nitrogens is 2. The van der Waals surface area contributed by atoms with E-state index in [2.05, 4.69) is 5.10 Å². The van der Waals surface area contributed by atoms with Gasteiger partial charge in [0.1, 0.15) is 4.83 Å². The maximum atomic E-state index is 13.3. The first-order valence-electron chi connectivity index (χ1n) is 9.40. The molecule has 148 valence electrons. The van der Waals surface area contributed by atoms with Crippen LogP contribution in [0.1, 0.15) is 22.9 Å². The molecule has 1 aromatic carbocycles. The first-order valence-corrected chi connectivity index (χ1v) is 11.2. The summed E-state index contributed by atoms with van der Waals surface area (Å²) in [7, 11) is 0. The van der Waals surface area contributed by atoms with Crippen LogP contribution in [0.25, 0.3) is 10.2 Å². The molecule has 9 heteroatoms. The minimum atomic E-state index is -0.313. The molecule has 0 radical (unpaired) electrons. The van der Waals surface area contributed by atoms with Crippen LogP contribution >= 0.6 is 23.1 Å². The van der Waals surface area contributed by atoms with Crippen LogP contribution in [0.15, 0.2) is 45.4 Å². The van der Waals surface area contributed by atoms with Gasteiger partial charge in [-0.25, -0.2) is 9.78 Å². The molecule has 0 spiro atoms. The molecule has 0 unspecified atom stereocenters. The lowest BCUT2D eigenvalue weighted by molar-refractivity contribution is 0.103. The quantitative estimate of drug-likeness (QED) is 0.588. The highest BCUT2D eigenvalue weighted by Crippen LogP contribution is 2.34. The maximum absolute atomic E-state index is 13.3. The van der Waals surface area contributed by atoms with E-state index in [4.69, 9.17) is 9.72 Å². The maximum Gasteiger partial charge on any atom is 0.410 e. The number of fused-ring (bicyclic) bond motifs is 4. The SMILES string of the molecule is CCOC(=O)N1CCc2c(sc3nc4n(c(=O)c23)N=C(c2ccccc2)CS4)C1. The van der Waals surface area contributed by atoms with E-state index in [0.29, 0.717) is 42.4 Å². The molecular weight excluding hydrogens is 408 g/mol. The van der Waals surface area contributed by atoms with Gasteiger partial charge >= 0.3 is 6.09 Å². The molecule has 0 atom stereocenters. The summed E-state index contributed by atoms with van der Waals surface area (Å²) in [5, 5.41) is 5.87. The van der Waals surface area contributed by atoms with Crippen molar-refractivity contribution < 1.29 is 9.53 Å². The third kappa shape index (κ3) is 3.14. The van der Waals surface area contributed by atoms with Crippen LogP contribution in [0.2, 0.25) is 0 Å². The fourth-order valence-electron chi connectivity index (χ4n) is 3.62. The van der Waals surface area contributed by atoms with Gasteiger partial charge in [-0.1, -0.05) is 42.1 Å². The van der Waals surface area contributed by atoms with Crippen LogP contribution in [0.4, 0.5) is 4.79 Å². The number of benzene rings is 1. The van der Waals surface area contributed by atoms with E-state index in [0.717, 1.165) is 26.5 Å². The Morgan fingerprint density at radius 2 is 2.10 bits per heavy atom. The van der Waals surface area contributed by atoms with Crippen molar-refractivity contribution >= 4 is 45.1 Å². The second-order valence-corrected chi connectivity index (χ2v) is 8.79. The predicted octanol–water partition coefficient (Wildman–Crippen LogP) is 3.33.